The predicted octanol–water partition coefficient (Wildman–Crippen LogP) is 5.13. The maximum absolute atomic E-state index is 13.3. The number of nitriles is 1. The van der Waals surface area contributed by atoms with E-state index in [1.807, 2.05) is 55.5 Å². The van der Waals surface area contributed by atoms with Gasteiger partial charge in [0.15, 0.2) is 15.1 Å². The minimum atomic E-state index is -3.98. The molecule has 0 aliphatic heterocycles. The number of aromatic nitrogens is 2. The highest BCUT2D eigenvalue weighted by atomic mass is 32.2. The number of hydrogen-bond donors (Lipinski definition) is 0. The smallest absolute Gasteiger partial charge is 0.200 e. The summed E-state index contributed by atoms with van der Waals surface area (Å²) in [4.78, 5) is 10.2. The molecule has 0 unspecified atom stereocenters. The third kappa shape index (κ3) is 3.92. The van der Waals surface area contributed by atoms with Gasteiger partial charge in [-0.05, 0) is 43.3 Å². The van der Waals surface area contributed by atoms with Crippen LogP contribution in [0.15, 0.2) is 93.7 Å². The zero-order valence-electron chi connectivity index (χ0n) is 16.1. The lowest BCUT2D eigenvalue weighted by atomic mass is 10.2. The molecule has 1 atom stereocenters. The second kappa shape index (κ2) is 8.27. The molecule has 1 aromatic heterocycles. The average Bonchev–Trinajstić information content (AvgIpc) is 2.75. The van der Waals surface area contributed by atoms with Crippen molar-refractivity contribution in [2.75, 3.05) is 0 Å². The summed E-state index contributed by atoms with van der Waals surface area (Å²) >= 11 is 1.30. The summed E-state index contributed by atoms with van der Waals surface area (Å²) < 4.78 is 26.6. The predicted molar refractivity (Wildman–Crippen MR) is 117 cm³/mol. The summed E-state index contributed by atoms with van der Waals surface area (Å²) in [6.45, 7) is 1.88. The number of aryl methyl sites for hydroxylation is 1. The van der Waals surface area contributed by atoms with Crippen molar-refractivity contribution in [3.05, 3.63) is 90.1 Å². The van der Waals surface area contributed by atoms with Crippen LogP contribution in [0.2, 0.25) is 0 Å². The van der Waals surface area contributed by atoms with Gasteiger partial charge >= 0.3 is 0 Å². The quantitative estimate of drug-likeness (QED) is 0.436. The van der Waals surface area contributed by atoms with Crippen LogP contribution in [0.5, 0.6) is 0 Å². The van der Waals surface area contributed by atoms with Crippen molar-refractivity contribution in [1.29, 1.82) is 5.26 Å². The Kier molecular flexibility index (Phi) is 5.53. The molecule has 0 N–H and O–H groups in total. The average molecular weight is 432 g/mol. The van der Waals surface area contributed by atoms with Crippen LogP contribution in [0.25, 0.3) is 11.0 Å². The Morgan fingerprint density at radius 1 is 0.867 bits per heavy atom. The summed E-state index contributed by atoms with van der Waals surface area (Å²) in [5, 5.41) is 8.82. The van der Waals surface area contributed by atoms with Crippen LogP contribution < -0.4 is 0 Å². The van der Waals surface area contributed by atoms with E-state index in [1.54, 1.807) is 24.3 Å². The van der Waals surface area contributed by atoms with Gasteiger partial charge in [0.25, 0.3) is 0 Å². The van der Waals surface area contributed by atoms with Crippen molar-refractivity contribution >= 4 is 32.6 Å². The zero-order chi connectivity index (χ0) is 21.1. The van der Waals surface area contributed by atoms with Gasteiger partial charge in [0.05, 0.1) is 22.0 Å². The molecule has 0 radical (unpaired) electrons. The van der Waals surface area contributed by atoms with Crippen LogP contribution in [0, 0.1) is 18.3 Å². The number of rotatable bonds is 5. The fourth-order valence-electron chi connectivity index (χ4n) is 2.99. The van der Waals surface area contributed by atoms with Crippen molar-refractivity contribution < 1.29 is 8.42 Å². The molecule has 0 saturated heterocycles. The maximum Gasteiger partial charge on any atom is 0.200 e. The first-order valence-corrected chi connectivity index (χ1v) is 11.5. The molecule has 0 fully saturated rings. The SMILES string of the molecule is Cc1ccc(S(=O)(=O)[C@H](C#N)c2nc3ccccc3nc2Sc2ccccc2)cc1. The molecule has 4 aromatic rings. The maximum atomic E-state index is 13.3. The van der Waals surface area contributed by atoms with E-state index in [1.165, 1.54) is 23.9 Å². The number of sulfone groups is 1. The summed E-state index contributed by atoms with van der Waals surface area (Å²) in [7, 11) is -3.98. The molecule has 1 heterocycles. The van der Waals surface area contributed by atoms with Crippen molar-refractivity contribution in [3.63, 3.8) is 0 Å². The van der Waals surface area contributed by atoms with Crippen molar-refractivity contribution in [1.82, 2.24) is 9.97 Å². The van der Waals surface area contributed by atoms with E-state index < -0.39 is 15.1 Å². The Bertz CT molecular complexity index is 1350. The second-order valence-electron chi connectivity index (χ2n) is 6.69. The fourth-order valence-corrected chi connectivity index (χ4v) is 5.37. The van der Waals surface area contributed by atoms with Crippen LogP contribution in [0.3, 0.4) is 0 Å². The van der Waals surface area contributed by atoms with Gasteiger partial charge in [0, 0.05) is 4.90 Å². The minimum absolute atomic E-state index is 0.0882. The summed E-state index contributed by atoms with van der Waals surface area (Å²) in [6, 6.07) is 25.1. The third-order valence-electron chi connectivity index (χ3n) is 4.55. The van der Waals surface area contributed by atoms with Crippen LogP contribution in [-0.4, -0.2) is 18.4 Å². The van der Waals surface area contributed by atoms with Crippen LogP contribution in [-0.2, 0) is 9.84 Å². The minimum Gasteiger partial charge on any atom is -0.246 e. The lowest BCUT2D eigenvalue weighted by Gasteiger charge is -2.15. The molecule has 0 aliphatic carbocycles. The first kappa shape index (κ1) is 20.1. The number of para-hydroxylation sites is 2. The van der Waals surface area contributed by atoms with E-state index in [0.29, 0.717) is 16.1 Å². The van der Waals surface area contributed by atoms with Gasteiger partial charge in [-0.25, -0.2) is 18.4 Å². The third-order valence-corrected chi connectivity index (χ3v) is 7.43. The molecule has 0 bridgehead atoms. The highest BCUT2D eigenvalue weighted by molar-refractivity contribution is 7.99. The Morgan fingerprint density at radius 3 is 2.10 bits per heavy atom. The standard InChI is InChI=1S/C23H17N3O2S2/c1-16-11-13-18(14-12-16)30(27,28)21(15-24)22-23(29-17-7-3-2-4-8-17)26-20-10-6-5-9-19(20)25-22/h2-14,21H,1H3/t21-/m1/s1. The van der Waals surface area contributed by atoms with Crippen LogP contribution in [0.4, 0.5) is 0 Å². The van der Waals surface area contributed by atoms with E-state index in [-0.39, 0.29) is 10.6 Å². The normalized spacial score (nSPS) is 12.4. The highest BCUT2D eigenvalue weighted by Gasteiger charge is 2.33. The summed E-state index contributed by atoms with van der Waals surface area (Å²) in [6.07, 6.45) is 0. The molecular weight excluding hydrogens is 414 g/mol. The van der Waals surface area contributed by atoms with Crippen LogP contribution >= 0.6 is 11.8 Å². The van der Waals surface area contributed by atoms with Crippen LogP contribution in [0.1, 0.15) is 16.5 Å². The molecule has 5 nitrogen and oxygen atoms in total. The van der Waals surface area contributed by atoms with Crippen molar-refractivity contribution in [2.45, 2.75) is 27.0 Å². The van der Waals surface area contributed by atoms with E-state index in [2.05, 4.69) is 9.97 Å². The van der Waals surface area contributed by atoms with Gasteiger partial charge in [-0.1, -0.05) is 59.8 Å². The van der Waals surface area contributed by atoms with Gasteiger partial charge in [-0.2, -0.15) is 5.26 Å². The first-order valence-electron chi connectivity index (χ1n) is 9.19. The molecule has 7 heteroatoms. The van der Waals surface area contributed by atoms with E-state index >= 15 is 0 Å². The van der Waals surface area contributed by atoms with Crippen molar-refractivity contribution in [3.8, 4) is 6.07 Å². The number of hydrogen-bond acceptors (Lipinski definition) is 6. The molecular formula is C23H17N3O2S2. The number of benzene rings is 3. The van der Waals surface area contributed by atoms with Gasteiger partial charge in [0.1, 0.15) is 10.7 Å². The molecule has 0 aliphatic rings. The number of fused-ring (bicyclic) bond motifs is 1. The largest absolute Gasteiger partial charge is 0.246 e. The van der Waals surface area contributed by atoms with Gasteiger partial charge in [-0.3, -0.25) is 0 Å². The first-order chi connectivity index (χ1) is 14.5. The fraction of sp³-hybridized carbons (Fsp3) is 0.0870. The summed E-state index contributed by atoms with van der Waals surface area (Å²) in [5.74, 6) is 0. The summed E-state index contributed by atoms with van der Waals surface area (Å²) in [5.41, 5.74) is 2.27. The Hall–Kier alpha value is -3.21. The molecule has 3 aromatic carbocycles. The molecule has 4 rings (SSSR count). The molecule has 0 amide bonds. The monoisotopic (exact) mass is 431 g/mol. The Morgan fingerprint density at radius 2 is 1.47 bits per heavy atom. The number of nitrogens with zero attached hydrogens (tertiary/aromatic N) is 3. The van der Waals surface area contributed by atoms with Gasteiger partial charge in [0.2, 0.25) is 0 Å². The highest BCUT2D eigenvalue weighted by Crippen LogP contribution is 2.36. The molecule has 0 saturated carbocycles. The lowest BCUT2D eigenvalue weighted by molar-refractivity contribution is 0.589. The molecule has 0 spiro atoms. The van der Waals surface area contributed by atoms with E-state index in [4.69, 9.17) is 0 Å². The van der Waals surface area contributed by atoms with Gasteiger partial charge in [-0.15, -0.1) is 0 Å². The zero-order valence-corrected chi connectivity index (χ0v) is 17.7. The topological polar surface area (TPSA) is 83.7 Å². The molecule has 30 heavy (non-hydrogen) atoms. The Balaban J connectivity index is 1.89. The van der Waals surface area contributed by atoms with E-state index in [0.717, 1.165) is 10.5 Å². The lowest BCUT2D eigenvalue weighted by Crippen LogP contribution is -2.15. The van der Waals surface area contributed by atoms with E-state index in [9.17, 15) is 13.7 Å². The van der Waals surface area contributed by atoms with Gasteiger partial charge < -0.3 is 0 Å². The van der Waals surface area contributed by atoms with Crippen molar-refractivity contribution in [2.24, 2.45) is 0 Å². The molecule has 148 valence electrons. The Labute approximate surface area is 179 Å². The second-order valence-corrected chi connectivity index (χ2v) is 9.78.